The fourth-order valence-corrected chi connectivity index (χ4v) is 2.44. The molecule has 5 nitrogen and oxygen atoms in total. The molecule has 1 saturated heterocycles. The van der Waals surface area contributed by atoms with Crippen LogP contribution in [0.1, 0.15) is 29.8 Å². The SMILES string of the molecule is O=C(Nc1ccccc1)c1ccnc(N2CCCCC2)n1. The maximum absolute atomic E-state index is 12.2. The largest absolute Gasteiger partial charge is 0.341 e. The van der Waals surface area contributed by atoms with Crippen molar-refractivity contribution < 1.29 is 4.79 Å². The Morgan fingerprint density at radius 2 is 1.81 bits per heavy atom. The van der Waals surface area contributed by atoms with Crippen molar-refractivity contribution in [1.29, 1.82) is 0 Å². The van der Waals surface area contributed by atoms with Crippen LogP contribution in [0.2, 0.25) is 0 Å². The van der Waals surface area contributed by atoms with Crippen LogP contribution in [0.4, 0.5) is 11.6 Å². The van der Waals surface area contributed by atoms with Gasteiger partial charge in [0.05, 0.1) is 0 Å². The third-order valence-corrected chi connectivity index (χ3v) is 3.55. The van der Waals surface area contributed by atoms with Gasteiger partial charge in [0.15, 0.2) is 0 Å². The van der Waals surface area contributed by atoms with Crippen LogP contribution in [-0.4, -0.2) is 29.0 Å². The van der Waals surface area contributed by atoms with Gasteiger partial charge in [0.1, 0.15) is 5.69 Å². The van der Waals surface area contributed by atoms with Crippen molar-refractivity contribution in [3.63, 3.8) is 0 Å². The first-order valence-corrected chi connectivity index (χ1v) is 7.27. The molecule has 0 bridgehead atoms. The number of amides is 1. The van der Waals surface area contributed by atoms with Crippen molar-refractivity contribution in [2.45, 2.75) is 19.3 Å². The summed E-state index contributed by atoms with van der Waals surface area (Å²) in [7, 11) is 0. The van der Waals surface area contributed by atoms with Gasteiger partial charge in [0.2, 0.25) is 5.95 Å². The van der Waals surface area contributed by atoms with Gasteiger partial charge in [-0.05, 0) is 37.5 Å². The molecule has 3 rings (SSSR count). The van der Waals surface area contributed by atoms with E-state index in [0.29, 0.717) is 11.6 Å². The van der Waals surface area contributed by atoms with E-state index in [0.717, 1.165) is 31.6 Å². The van der Waals surface area contributed by atoms with E-state index >= 15 is 0 Å². The second-order valence-electron chi connectivity index (χ2n) is 5.11. The predicted octanol–water partition coefficient (Wildman–Crippen LogP) is 2.72. The lowest BCUT2D eigenvalue weighted by Gasteiger charge is -2.26. The Morgan fingerprint density at radius 1 is 1.05 bits per heavy atom. The monoisotopic (exact) mass is 282 g/mol. The molecule has 2 aromatic rings. The Kier molecular flexibility index (Phi) is 4.09. The van der Waals surface area contributed by atoms with E-state index < -0.39 is 0 Å². The zero-order valence-electron chi connectivity index (χ0n) is 11.8. The van der Waals surface area contributed by atoms with Crippen LogP contribution in [0.25, 0.3) is 0 Å². The molecular formula is C16H18N4O. The van der Waals surface area contributed by atoms with Gasteiger partial charge in [-0.3, -0.25) is 4.79 Å². The van der Waals surface area contributed by atoms with Crippen molar-refractivity contribution in [3.05, 3.63) is 48.3 Å². The number of carbonyl (C=O) groups is 1. The Bertz CT molecular complexity index is 609. The van der Waals surface area contributed by atoms with Crippen LogP contribution < -0.4 is 10.2 Å². The predicted molar refractivity (Wildman–Crippen MR) is 82.5 cm³/mol. The van der Waals surface area contributed by atoms with Crippen LogP contribution in [0.3, 0.4) is 0 Å². The second-order valence-corrected chi connectivity index (χ2v) is 5.11. The van der Waals surface area contributed by atoms with Crippen molar-refractivity contribution in [2.75, 3.05) is 23.3 Å². The third kappa shape index (κ3) is 3.37. The molecule has 0 saturated carbocycles. The van der Waals surface area contributed by atoms with Gasteiger partial charge in [-0.25, -0.2) is 9.97 Å². The summed E-state index contributed by atoms with van der Waals surface area (Å²) in [5, 5.41) is 2.84. The lowest BCUT2D eigenvalue weighted by atomic mass is 10.1. The molecule has 0 radical (unpaired) electrons. The number of hydrogen-bond acceptors (Lipinski definition) is 4. The first-order chi connectivity index (χ1) is 10.3. The Hall–Kier alpha value is -2.43. The van der Waals surface area contributed by atoms with Crippen LogP contribution in [0.5, 0.6) is 0 Å². The zero-order chi connectivity index (χ0) is 14.5. The van der Waals surface area contributed by atoms with E-state index in [9.17, 15) is 4.79 Å². The molecule has 0 atom stereocenters. The number of nitrogens with one attached hydrogen (secondary N) is 1. The van der Waals surface area contributed by atoms with E-state index in [4.69, 9.17) is 0 Å². The normalized spacial score (nSPS) is 14.8. The van der Waals surface area contributed by atoms with Gasteiger partial charge in [-0.2, -0.15) is 0 Å². The lowest BCUT2D eigenvalue weighted by molar-refractivity contribution is 0.102. The van der Waals surface area contributed by atoms with Gasteiger partial charge < -0.3 is 10.2 Å². The smallest absolute Gasteiger partial charge is 0.274 e. The molecule has 1 aromatic carbocycles. The molecule has 1 aliphatic rings. The third-order valence-electron chi connectivity index (χ3n) is 3.55. The fraction of sp³-hybridized carbons (Fsp3) is 0.312. The highest BCUT2D eigenvalue weighted by Gasteiger charge is 2.15. The lowest BCUT2D eigenvalue weighted by Crippen LogP contribution is -2.31. The van der Waals surface area contributed by atoms with Crippen LogP contribution in [0.15, 0.2) is 42.6 Å². The van der Waals surface area contributed by atoms with Gasteiger partial charge in [0, 0.05) is 25.0 Å². The van der Waals surface area contributed by atoms with E-state index in [-0.39, 0.29) is 5.91 Å². The van der Waals surface area contributed by atoms with Gasteiger partial charge in [0.25, 0.3) is 5.91 Å². The molecule has 5 heteroatoms. The number of carbonyl (C=O) groups excluding carboxylic acids is 1. The Labute approximate surface area is 124 Å². The molecule has 1 aliphatic heterocycles. The highest BCUT2D eigenvalue weighted by Crippen LogP contribution is 2.16. The van der Waals surface area contributed by atoms with E-state index in [1.165, 1.54) is 6.42 Å². The molecule has 1 fully saturated rings. The topological polar surface area (TPSA) is 58.1 Å². The highest BCUT2D eigenvalue weighted by atomic mass is 16.1. The molecule has 1 aromatic heterocycles. The number of para-hydroxylation sites is 1. The summed E-state index contributed by atoms with van der Waals surface area (Å²) in [6, 6.07) is 11.0. The van der Waals surface area contributed by atoms with Crippen LogP contribution >= 0.6 is 0 Å². The highest BCUT2D eigenvalue weighted by molar-refractivity contribution is 6.02. The van der Waals surface area contributed by atoms with Crippen molar-refractivity contribution in [2.24, 2.45) is 0 Å². The molecule has 0 aliphatic carbocycles. The number of hydrogen-bond donors (Lipinski definition) is 1. The average Bonchev–Trinajstić information content (AvgIpc) is 2.57. The van der Waals surface area contributed by atoms with Crippen LogP contribution in [0, 0.1) is 0 Å². The summed E-state index contributed by atoms with van der Waals surface area (Å²) in [6.07, 6.45) is 5.22. The van der Waals surface area contributed by atoms with E-state index in [1.807, 2.05) is 30.3 Å². The molecule has 21 heavy (non-hydrogen) atoms. The maximum Gasteiger partial charge on any atom is 0.274 e. The van der Waals surface area contributed by atoms with E-state index in [1.54, 1.807) is 12.3 Å². The van der Waals surface area contributed by atoms with Crippen molar-refractivity contribution >= 4 is 17.5 Å². The summed E-state index contributed by atoms with van der Waals surface area (Å²) in [5.74, 6) is 0.442. The first kappa shape index (κ1) is 13.5. The molecule has 1 N–H and O–H groups in total. The van der Waals surface area contributed by atoms with Gasteiger partial charge in [-0.15, -0.1) is 0 Å². The quantitative estimate of drug-likeness (QED) is 0.940. The number of rotatable bonds is 3. The summed E-state index contributed by atoms with van der Waals surface area (Å²) in [4.78, 5) is 23.1. The number of piperidine rings is 1. The number of aromatic nitrogens is 2. The second kappa shape index (κ2) is 6.35. The minimum Gasteiger partial charge on any atom is -0.341 e. The average molecular weight is 282 g/mol. The molecular weight excluding hydrogens is 264 g/mol. The Morgan fingerprint density at radius 3 is 2.57 bits per heavy atom. The minimum absolute atomic E-state index is 0.207. The fourth-order valence-electron chi connectivity index (χ4n) is 2.44. The minimum atomic E-state index is -0.207. The van der Waals surface area contributed by atoms with Gasteiger partial charge in [-0.1, -0.05) is 18.2 Å². The first-order valence-electron chi connectivity index (χ1n) is 7.27. The molecule has 0 unspecified atom stereocenters. The number of anilines is 2. The summed E-state index contributed by atoms with van der Waals surface area (Å²) < 4.78 is 0. The molecule has 1 amide bonds. The maximum atomic E-state index is 12.2. The summed E-state index contributed by atoms with van der Waals surface area (Å²) >= 11 is 0. The van der Waals surface area contributed by atoms with Crippen molar-refractivity contribution in [3.8, 4) is 0 Å². The van der Waals surface area contributed by atoms with Crippen LogP contribution in [-0.2, 0) is 0 Å². The van der Waals surface area contributed by atoms with Crippen molar-refractivity contribution in [1.82, 2.24) is 9.97 Å². The summed E-state index contributed by atoms with van der Waals surface area (Å²) in [6.45, 7) is 1.92. The number of nitrogens with zero attached hydrogens (tertiary/aromatic N) is 3. The number of benzene rings is 1. The van der Waals surface area contributed by atoms with Gasteiger partial charge >= 0.3 is 0 Å². The standard InChI is InChI=1S/C16H18N4O/c21-15(18-13-7-3-1-4-8-13)14-9-10-17-16(19-14)20-11-5-2-6-12-20/h1,3-4,7-10H,2,5-6,11-12H2,(H,18,21). The summed E-state index contributed by atoms with van der Waals surface area (Å²) in [5.41, 5.74) is 1.16. The van der Waals surface area contributed by atoms with E-state index in [2.05, 4.69) is 20.2 Å². The molecule has 108 valence electrons. The molecule has 2 heterocycles. The zero-order valence-corrected chi connectivity index (χ0v) is 11.8. The Balaban J connectivity index is 1.74. The molecule has 0 spiro atoms.